The fraction of sp³-hybridized carbons (Fsp3) is 0.600. The first kappa shape index (κ1) is 18.6. The fourth-order valence-corrected chi connectivity index (χ4v) is 4.68. The van der Waals surface area contributed by atoms with Crippen LogP contribution in [0.15, 0.2) is 24.3 Å². The molecule has 6 nitrogen and oxygen atoms in total. The maximum absolute atomic E-state index is 12.1. The van der Waals surface area contributed by atoms with E-state index in [-0.39, 0.29) is 42.2 Å². The molecule has 4 aliphatic carbocycles. The molecule has 146 valence electrons. The number of carbonyl (C=O) groups is 2. The average molecular weight is 393 g/mol. The quantitative estimate of drug-likeness (QED) is 0.712. The number of hydrogen-bond acceptors (Lipinski definition) is 4. The van der Waals surface area contributed by atoms with Gasteiger partial charge in [-0.05, 0) is 62.3 Å². The Labute approximate surface area is 163 Å². The van der Waals surface area contributed by atoms with Crippen molar-refractivity contribution in [3.63, 3.8) is 0 Å². The number of nitrogens with one attached hydrogen (secondary N) is 2. The molecule has 27 heavy (non-hydrogen) atoms. The first-order chi connectivity index (χ1) is 12.9. The highest BCUT2D eigenvalue weighted by Crippen LogP contribution is 2.60. The highest BCUT2D eigenvalue weighted by molar-refractivity contribution is 6.30. The van der Waals surface area contributed by atoms with Gasteiger partial charge >= 0.3 is 0 Å². The maximum atomic E-state index is 12.1. The third-order valence-electron chi connectivity index (χ3n) is 5.80. The van der Waals surface area contributed by atoms with Gasteiger partial charge in [-0.3, -0.25) is 9.59 Å². The summed E-state index contributed by atoms with van der Waals surface area (Å²) in [5.41, 5.74) is -0.338. The van der Waals surface area contributed by atoms with Crippen LogP contribution in [0.3, 0.4) is 0 Å². The first-order valence-corrected chi connectivity index (χ1v) is 9.85. The van der Waals surface area contributed by atoms with E-state index < -0.39 is 0 Å². The van der Waals surface area contributed by atoms with Gasteiger partial charge in [0.05, 0.1) is 6.10 Å². The van der Waals surface area contributed by atoms with Crippen molar-refractivity contribution in [3.05, 3.63) is 29.3 Å². The molecule has 4 aliphatic rings. The third kappa shape index (κ3) is 4.06. The van der Waals surface area contributed by atoms with E-state index in [2.05, 4.69) is 17.6 Å². The van der Waals surface area contributed by atoms with Crippen LogP contribution in [0, 0.1) is 5.92 Å². The molecule has 0 unspecified atom stereocenters. The molecule has 0 spiro atoms. The second-order valence-corrected chi connectivity index (χ2v) is 8.88. The van der Waals surface area contributed by atoms with Crippen LogP contribution in [-0.4, -0.2) is 42.2 Å². The van der Waals surface area contributed by atoms with Crippen LogP contribution in [0.4, 0.5) is 0 Å². The van der Waals surface area contributed by atoms with Crippen molar-refractivity contribution >= 4 is 23.4 Å². The van der Waals surface area contributed by atoms with Crippen LogP contribution in [0.2, 0.25) is 5.02 Å². The summed E-state index contributed by atoms with van der Waals surface area (Å²) >= 11 is 5.82. The van der Waals surface area contributed by atoms with Crippen LogP contribution >= 0.6 is 11.6 Å². The van der Waals surface area contributed by atoms with Gasteiger partial charge in [-0.2, -0.15) is 0 Å². The van der Waals surface area contributed by atoms with Gasteiger partial charge in [0.25, 0.3) is 5.91 Å². The van der Waals surface area contributed by atoms with Crippen molar-refractivity contribution in [2.75, 3.05) is 13.2 Å². The molecule has 0 atom stereocenters. The average Bonchev–Trinajstić information content (AvgIpc) is 2.54. The summed E-state index contributed by atoms with van der Waals surface area (Å²) in [6.07, 6.45) is 4.67. The molecule has 0 aliphatic heterocycles. The number of amides is 2. The molecule has 5 rings (SSSR count). The van der Waals surface area contributed by atoms with Crippen molar-refractivity contribution in [3.8, 4) is 5.75 Å². The van der Waals surface area contributed by atoms with E-state index in [9.17, 15) is 9.59 Å². The van der Waals surface area contributed by atoms with Crippen LogP contribution in [-0.2, 0) is 14.3 Å². The number of benzene rings is 1. The Morgan fingerprint density at radius 3 is 2.15 bits per heavy atom. The second-order valence-electron chi connectivity index (χ2n) is 8.44. The summed E-state index contributed by atoms with van der Waals surface area (Å²) in [6.45, 7) is 2.29. The van der Waals surface area contributed by atoms with Crippen molar-refractivity contribution in [2.24, 2.45) is 5.92 Å². The van der Waals surface area contributed by atoms with Gasteiger partial charge in [-0.1, -0.05) is 18.5 Å². The lowest BCUT2D eigenvalue weighted by Gasteiger charge is -2.70. The van der Waals surface area contributed by atoms with E-state index in [1.165, 1.54) is 0 Å². The van der Waals surface area contributed by atoms with Gasteiger partial charge in [0.15, 0.2) is 6.61 Å². The summed E-state index contributed by atoms with van der Waals surface area (Å²) < 4.78 is 11.1. The number of hydrogen-bond donors (Lipinski definition) is 2. The summed E-state index contributed by atoms with van der Waals surface area (Å²) in [5.74, 6) is 1.12. The predicted molar refractivity (Wildman–Crippen MR) is 101 cm³/mol. The molecular weight excluding hydrogens is 368 g/mol. The highest BCUT2D eigenvalue weighted by atomic mass is 35.5. The lowest BCUT2D eigenvalue weighted by atomic mass is 9.44. The molecule has 1 aromatic rings. The normalized spacial score (nSPS) is 33.1. The van der Waals surface area contributed by atoms with Gasteiger partial charge in [0.1, 0.15) is 12.4 Å². The number of ether oxygens (including phenoxy) is 2. The Hall–Kier alpha value is -1.79. The standard InChI is InChI=1S/C20H25ClN2O4/c1-13-6-16(7-13)27-9-18(25)23-20-10-19(11-20,12-20)22-17(24)8-26-15-4-2-14(21)3-5-15/h2-5,13,16H,6-12H2,1H3,(H,22,24)(H,23,25)/t13-,16-,19?,20?. The van der Waals surface area contributed by atoms with E-state index in [0.29, 0.717) is 16.7 Å². The van der Waals surface area contributed by atoms with Crippen molar-refractivity contribution in [1.29, 1.82) is 0 Å². The topological polar surface area (TPSA) is 76.7 Å². The smallest absolute Gasteiger partial charge is 0.258 e. The van der Waals surface area contributed by atoms with Crippen molar-refractivity contribution in [2.45, 2.75) is 56.2 Å². The van der Waals surface area contributed by atoms with Crippen molar-refractivity contribution in [1.82, 2.24) is 10.6 Å². The molecule has 7 heteroatoms. The largest absolute Gasteiger partial charge is 0.484 e. The van der Waals surface area contributed by atoms with Crippen LogP contribution in [0.5, 0.6) is 5.75 Å². The lowest BCUT2D eigenvalue weighted by Crippen LogP contribution is -2.84. The minimum atomic E-state index is -0.183. The van der Waals surface area contributed by atoms with Crippen molar-refractivity contribution < 1.29 is 19.1 Å². The summed E-state index contributed by atoms with van der Waals surface area (Å²) in [4.78, 5) is 24.2. The lowest BCUT2D eigenvalue weighted by molar-refractivity contribution is -0.154. The molecule has 0 saturated heterocycles. The summed E-state index contributed by atoms with van der Waals surface area (Å²) in [6, 6.07) is 6.90. The summed E-state index contributed by atoms with van der Waals surface area (Å²) in [7, 11) is 0. The monoisotopic (exact) mass is 392 g/mol. The number of carbonyl (C=O) groups excluding carboxylic acids is 2. The molecule has 4 saturated carbocycles. The van der Waals surface area contributed by atoms with Crippen LogP contribution in [0.25, 0.3) is 0 Å². The molecule has 2 amide bonds. The van der Waals surface area contributed by atoms with Gasteiger partial charge < -0.3 is 20.1 Å². The van der Waals surface area contributed by atoms with Crippen LogP contribution < -0.4 is 15.4 Å². The van der Waals surface area contributed by atoms with Crippen LogP contribution in [0.1, 0.15) is 39.0 Å². The van der Waals surface area contributed by atoms with Gasteiger partial charge in [0, 0.05) is 16.1 Å². The highest BCUT2D eigenvalue weighted by Gasteiger charge is 2.69. The fourth-order valence-electron chi connectivity index (χ4n) is 4.55. The summed E-state index contributed by atoms with van der Waals surface area (Å²) in [5, 5.41) is 6.74. The Morgan fingerprint density at radius 2 is 1.59 bits per heavy atom. The van der Waals surface area contributed by atoms with Gasteiger partial charge in [-0.25, -0.2) is 0 Å². The Morgan fingerprint density at radius 1 is 1.04 bits per heavy atom. The Bertz CT molecular complexity index is 710. The maximum Gasteiger partial charge on any atom is 0.258 e. The minimum Gasteiger partial charge on any atom is -0.484 e. The first-order valence-electron chi connectivity index (χ1n) is 9.47. The van der Waals surface area contributed by atoms with E-state index in [0.717, 1.165) is 32.1 Å². The predicted octanol–water partition coefficient (Wildman–Crippen LogP) is 2.44. The van der Waals surface area contributed by atoms with E-state index >= 15 is 0 Å². The van der Waals surface area contributed by atoms with Gasteiger partial charge in [0.2, 0.25) is 5.91 Å². The molecule has 1 aromatic carbocycles. The van der Waals surface area contributed by atoms with E-state index in [1.54, 1.807) is 24.3 Å². The zero-order chi connectivity index (χ0) is 19.1. The van der Waals surface area contributed by atoms with E-state index in [1.807, 2.05) is 0 Å². The Balaban J connectivity index is 1.13. The molecule has 0 aromatic heterocycles. The third-order valence-corrected chi connectivity index (χ3v) is 6.06. The Kier molecular flexibility index (Phi) is 4.80. The molecule has 0 heterocycles. The number of halogens is 1. The molecule has 2 bridgehead atoms. The number of rotatable bonds is 8. The molecule has 2 N–H and O–H groups in total. The molecular formula is C20H25ClN2O4. The SMILES string of the molecule is C[C@H]1C[C@H](OCC(=O)NC23CC(NC(=O)COc4ccc(Cl)cc4)(C2)C3)C1. The molecule has 0 radical (unpaired) electrons. The zero-order valence-electron chi connectivity index (χ0n) is 15.4. The van der Waals surface area contributed by atoms with Gasteiger partial charge in [-0.15, -0.1) is 0 Å². The zero-order valence-corrected chi connectivity index (χ0v) is 16.2. The molecule has 4 fully saturated rings. The van der Waals surface area contributed by atoms with E-state index in [4.69, 9.17) is 21.1 Å². The second kappa shape index (κ2) is 6.99. The minimum absolute atomic E-state index is 0.0314.